The quantitative estimate of drug-likeness (QED) is 0.366. The molecule has 0 spiro atoms. The smallest absolute Gasteiger partial charge is 0.381 e. The number of methoxy groups -OCH3 is 1. The second-order valence-electron chi connectivity index (χ2n) is 3.82. The maximum atomic E-state index is 11.4. The summed E-state index contributed by atoms with van der Waals surface area (Å²) in [7, 11) is 1.12. The van der Waals surface area contributed by atoms with Crippen LogP contribution in [0, 0.1) is 10.1 Å². The lowest BCUT2D eigenvalue weighted by molar-refractivity contribution is -0.389. The number of esters is 1. The molecule has 0 bridgehead atoms. The van der Waals surface area contributed by atoms with Gasteiger partial charge in [-0.1, -0.05) is 0 Å². The van der Waals surface area contributed by atoms with E-state index in [-0.39, 0.29) is 25.3 Å². The van der Waals surface area contributed by atoms with Crippen LogP contribution in [0.25, 0.3) is 0 Å². The van der Waals surface area contributed by atoms with Crippen molar-refractivity contribution in [2.75, 3.05) is 13.7 Å². The summed E-state index contributed by atoms with van der Waals surface area (Å²) >= 11 is 0. The van der Waals surface area contributed by atoms with Crippen LogP contribution in [-0.2, 0) is 20.9 Å². The summed E-state index contributed by atoms with van der Waals surface area (Å²) in [6.45, 7) is -0.0590. The first-order chi connectivity index (χ1) is 9.43. The van der Waals surface area contributed by atoms with Crippen LogP contribution in [0.1, 0.15) is 6.42 Å². The van der Waals surface area contributed by atoms with E-state index in [0.717, 1.165) is 7.11 Å². The van der Waals surface area contributed by atoms with Crippen molar-refractivity contribution in [3.8, 4) is 0 Å². The molecule has 1 aromatic heterocycles. The highest BCUT2D eigenvalue weighted by molar-refractivity contribution is 5.78. The van der Waals surface area contributed by atoms with Crippen LogP contribution in [0.2, 0.25) is 0 Å². The van der Waals surface area contributed by atoms with E-state index in [0.29, 0.717) is 0 Å². The average molecular weight is 286 g/mol. The molecular weight excluding hydrogens is 272 g/mol. The molecule has 0 aliphatic rings. The molecule has 10 heteroatoms. The van der Waals surface area contributed by atoms with E-state index in [1.165, 1.54) is 17.1 Å². The van der Waals surface area contributed by atoms with Gasteiger partial charge in [-0.3, -0.25) is 4.79 Å². The summed E-state index contributed by atoms with van der Waals surface area (Å²) in [5.74, 6) is -1.55. The fourth-order valence-electron chi connectivity index (χ4n) is 1.31. The third kappa shape index (κ3) is 4.65. The van der Waals surface area contributed by atoms with E-state index >= 15 is 0 Å². The number of hydrogen-bond donors (Lipinski definition) is 2. The number of amides is 1. The Bertz CT molecular complexity index is 500. The highest BCUT2D eigenvalue weighted by atomic mass is 16.6. The second kappa shape index (κ2) is 7.19. The summed E-state index contributed by atoms with van der Waals surface area (Å²) in [4.78, 5) is 35.6. The molecule has 0 aliphatic heterocycles. The van der Waals surface area contributed by atoms with Gasteiger partial charge in [0.05, 0.1) is 13.7 Å². The predicted molar refractivity (Wildman–Crippen MR) is 64.5 cm³/mol. The molecule has 0 fully saturated rings. The van der Waals surface area contributed by atoms with Crippen molar-refractivity contribution in [1.82, 2.24) is 14.9 Å². The topological polar surface area (TPSA) is 137 Å². The fourth-order valence-corrected chi connectivity index (χ4v) is 1.31. The first-order valence-corrected chi connectivity index (χ1v) is 5.62. The maximum absolute atomic E-state index is 11.4. The number of aliphatic hydroxyl groups is 1. The Morgan fingerprint density at radius 1 is 1.65 bits per heavy atom. The lowest BCUT2D eigenvalue weighted by Crippen LogP contribution is -2.37. The number of hydrogen-bond acceptors (Lipinski definition) is 7. The van der Waals surface area contributed by atoms with Crippen molar-refractivity contribution >= 4 is 17.7 Å². The second-order valence-corrected chi connectivity index (χ2v) is 3.82. The normalized spacial score (nSPS) is 11.7. The molecule has 10 nitrogen and oxygen atoms in total. The van der Waals surface area contributed by atoms with Crippen LogP contribution in [0.4, 0.5) is 5.82 Å². The largest absolute Gasteiger partial charge is 0.467 e. The predicted octanol–water partition coefficient (Wildman–Crippen LogP) is -1.17. The van der Waals surface area contributed by atoms with Crippen LogP contribution in [0.5, 0.6) is 0 Å². The van der Waals surface area contributed by atoms with E-state index in [1.807, 2.05) is 0 Å². The lowest BCUT2D eigenvalue weighted by Gasteiger charge is -2.09. The number of ether oxygens (including phenoxy) is 1. The van der Waals surface area contributed by atoms with Gasteiger partial charge in [0.25, 0.3) is 0 Å². The van der Waals surface area contributed by atoms with E-state index in [2.05, 4.69) is 15.0 Å². The van der Waals surface area contributed by atoms with E-state index in [9.17, 15) is 24.8 Å². The standard InChI is InChI=1S/C10H14N4O6/c1-20-10(17)7(15)4-11-9(16)2-3-13-5-8(12-6-13)14(18)19/h5-7,15H,2-4H2,1H3,(H,11,16). The number of carbonyl (C=O) groups excluding carboxylic acids is 2. The molecule has 20 heavy (non-hydrogen) atoms. The Hall–Kier alpha value is -2.49. The van der Waals surface area contributed by atoms with Gasteiger partial charge in [-0.15, -0.1) is 0 Å². The minimum atomic E-state index is -1.42. The van der Waals surface area contributed by atoms with Gasteiger partial charge in [0.15, 0.2) is 6.10 Å². The number of aliphatic hydroxyl groups excluding tert-OH is 1. The summed E-state index contributed by atoms with van der Waals surface area (Å²) in [5, 5.41) is 22.0. The summed E-state index contributed by atoms with van der Waals surface area (Å²) in [5.41, 5.74) is 0. The van der Waals surface area contributed by atoms with Crippen LogP contribution in [-0.4, -0.2) is 51.2 Å². The van der Waals surface area contributed by atoms with Gasteiger partial charge in [-0.2, -0.15) is 0 Å². The van der Waals surface area contributed by atoms with Gasteiger partial charge < -0.3 is 29.8 Å². The number of nitrogens with zero attached hydrogens (tertiary/aromatic N) is 3. The molecule has 0 radical (unpaired) electrons. The van der Waals surface area contributed by atoms with Crippen molar-refractivity contribution in [1.29, 1.82) is 0 Å². The number of aryl methyl sites for hydroxylation is 1. The molecule has 0 aliphatic carbocycles. The zero-order valence-electron chi connectivity index (χ0n) is 10.7. The molecule has 0 aromatic carbocycles. The zero-order chi connectivity index (χ0) is 15.1. The van der Waals surface area contributed by atoms with Crippen molar-refractivity contribution in [3.63, 3.8) is 0 Å². The van der Waals surface area contributed by atoms with E-state index < -0.39 is 22.9 Å². The number of imidazole rings is 1. The molecule has 1 atom stereocenters. The first-order valence-electron chi connectivity index (χ1n) is 5.62. The molecule has 1 amide bonds. The highest BCUT2D eigenvalue weighted by Crippen LogP contribution is 2.05. The molecule has 2 N–H and O–H groups in total. The monoisotopic (exact) mass is 286 g/mol. The van der Waals surface area contributed by atoms with Gasteiger partial charge >= 0.3 is 11.8 Å². The lowest BCUT2D eigenvalue weighted by atomic mass is 10.3. The maximum Gasteiger partial charge on any atom is 0.381 e. The molecule has 0 saturated heterocycles. The number of carbonyl (C=O) groups is 2. The van der Waals surface area contributed by atoms with Crippen LogP contribution >= 0.6 is 0 Å². The molecular formula is C10H14N4O6. The van der Waals surface area contributed by atoms with Crippen molar-refractivity contribution in [2.24, 2.45) is 0 Å². The Kier molecular flexibility index (Phi) is 5.59. The molecule has 1 unspecified atom stereocenters. The Labute approximate surface area is 113 Å². The molecule has 1 aromatic rings. The Balaban J connectivity index is 2.32. The SMILES string of the molecule is COC(=O)C(O)CNC(=O)CCn1cnc([N+](=O)[O-])c1. The van der Waals surface area contributed by atoms with E-state index in [1.54, 1.807) is 0 Å². The van der Waals surface area contributed by atoms with Crippen molar-refractivity contribution in [2.45, 2.75) is 19.1 Å². The van der Waals surface area contributed by atoms with Crippen LogP contribution < -0.4 is 5.32 Å². The Morgan fingerprint density at radius 3 is 2.90 bits per heavy atom. The Morgan fingerprint density at radius 2 is 2.35 bits per heavy atom. The van der Waals surface area contributed by atoms with Crippen molar-refractivity contribution in [3.05, 3.63) is 22.6 Å². The zero-order valence-corrected chi connectivity index (χ0v) is 10.7. The minimum Gasteiger partial charge on any atom is -0.467 e. The van der Waals surface area contributed by atoms with E-state index in [4.69, 9.17) is 0 Å². The summed E-state index contributed by atoms with van der Waals surface area (Å²) < 4.78 is 5.68. The molecule has 0 saturated carbocycles. The fraction of sp³-hybridized carbons (Fsp3) is 0.500. The number of rotatable bonds is 7. The number of nitrogens with one attached hydrogen (secondary N) is 1. The van der Waals surface area contributed by atoms with Crippen LogP contribution in [0.3, 0.4) is 0 Å². The molecule has 1 heterocycles. The van der Waals surface area contributed by atoms with Gasteiger partial charge in [0, 0.05) is 13.0 Å². The average Bonchev–Trinajstić information content (AvgIpc) is 2.90. The third-order valence-electron chi connectivity index (χ3n) is 2.37. The van der Waals surface area contributed by atoms with Gasteiger partial charge in [-0.25, -0.2) is 4.79 Å². The van der Waals surface area contributed by atoms with Crippen LogP contribution in [0.15, 0.2) is 12.5 Å². The van der Waals surface area contributed by atoms with Gasteiger partial charge in [0.1, 0.15) is 6.20 Å². The highest BCUT2D eigenvalue weighted by Gasteiger charge is 2.16. The molecule has 1 rings (SSSR count). The number of aromatic nitrogens is 2. The summed E-state index contributed by atoms with van der Waals surface area (Å²) in [6, 6.07) is 0. The van der Waals surface area contributed by atoms with Crippen molar-refractivity contribution < 1.29 is 24.4 Å². The van der Waals surface area contributed by atoms with Gasteiger partial charge in [0.2, 0.25) is 12.2 Å². The first kappa shape index (κ1) is 15.6. The number of nitro groups is 1. The third-order valence-corrected chi connectivity index (χ3v) is 2.37. The molecule has 110 valence electrons. The minimum absolute atomic E-state index is 0.0292. The summed E-state index contributed by atoms with van der Waals surface area (Å²) in [6.07, 6.45) is 1.06. The van der Waals surface area contributed by atoms with Gasteiger partial charge in [-0.05, 0) is 9.91 Å².